The van der Waals surface area contributed by atoms with Crippen molar-refractivity contribution < 1.29 is 23.1 Å². The van der Waals surface area contributed by atoms with Crippen LogP contribution < -0.4 is 5.73 Å². The van der Waals surface area contributed by atoms with Crippen molar-refractivity contribution in [2.24, 2.45) is 0 Å². The van der Waals surface area contributed by atoms with Crippen LogP contribution in [0.25, 0.3) is 0 Å². The highest BCUT2D eigenvalue weighted by Crippen LogP contribution is 2.32. The zero-order chi connectivity index (χ0) is 13.9. The van der Waals surface area contributed by atoms with Crippen molar-refractivity contribution in [3.05, 3.63) is 29.3 Å². The summed E-state index contributed by atoms with van der Waals surface area (Å²) in [6, 6.07) is 3.05. The van der Waals surface area contributed by atoms with Crippen LogP contribution in [0.5, 0.6) is 0 Å². The Morgan fingerprint density at radius 1 is 1.50 bits per heavy atom. The molecule has 1 atom stereocenters. The van der Waals surface area contributed by atoms with E-state index in [2.05, 4.69) is 0 Å². The predicted octanol–water partition coefficient (Wildman–Crippen LogP) is 2.99. The Hall–Kier alpha value is -1.37. The van der Waals surface area contributed by atoms with E-state index < -0.39 is 23.0 Å². The normalized spacial score (nSPS) is 13.3. The summed E-state index contributed by atoms with van der Waals surface area (Å²) in [5.41, 5.74) is 5.31. The van der Waals surface area contributed by atoms with Gasteiger partial charge in [-0.1, -0.05) is 0 Å². The lowest BCUT2D eigenvalue weighted by Gasteiger charge is -2.12. The first-order valence-electron chi connectivity index (χ1n) is 5.02. The van der Waals surface area contributed by atoms with Crippen molar-refractivity contribution >= 4 is 23.4 Å². The Bertz CT molecular complexity index is 448. The fraction of sp³-hybridized carbons (Fsp3) is 0.364. The average Bonchev–Trinajstić information content (AvgIpc) is 2.25. The summed E-state index contributed by atoms with van der Waals surface area (Å²) in [5.74, 6) is -0.881. The molecule has 0 amide bonds. The van der Waals surface area contributed by atoms with E-state index in [1.807, 2.05) is 0 Å². The van der Waals surface area contributed by atoms with Gasteiger partial charge in [0.2, 0.25) is 0 Å². The molecule has 0 spiro atoms. The molecule has 0 radical (unpaired) electrons. The molecule has 0 aliphatic heterocycles. The Morgan fingerprint density at radius 2 is 2.11 bits per heavy atom. The lowest BCUT2D eigenvalue weighted by atomic mass is 10.1. The minimum Gasteiger partial charge on any atom is -0.480 e. The SMILES string of the molecule is C[C@H](SCc1cc(C(F)(F)F)ccc1N)C(=O)O. The number of anilines is 1. The molecule has 7 heteroatoms. The van der Waals surface area contributed by atoms with Gasteiger partial charge in [0.15, 0.2) is 0 Å². The number of carbonyl (C=O) groups is 1. The molecule has 3 nitrogen and oxygen atoms in total. The Labute approximate surface area is 106 Å². The summed E-state index contributed by atoms with van der Waals surface area (Å²) in [5, 5.41) is 7.99. The van der Waals surface area contributed by atoms with Gasteiger partial charge in [0.05, 0.1) is 10.8 Å². The van der Waals surface area contributed by atoms with Crippen LogP contribution in [-0.2, 0) is 16.7 Å². The van der Waals surface area contributed by atoms with Crippen LogP contribution in [0, 0.1) is 0 Å². The molecule has 0 heterocycles. The molecule has 0 aromatic heterocycles. The number of halogens is 3. The molecule has 1 aromatic carbocycles. The number of thioether (sulfide) groups is 1. The Balaban J connectivity index is 2.85. The van der Waals surface area contributed by atoms with Gasteiger partial charge in [-0.05, 0) is 30.7 Å². The number of rotatable bonds is 4. The van der Waals surface area contributed by atoms with E-state index in [9.17, 15) is 18.0 Å². The third-order valence-corrected chi connectivity index (χ3v) is 3.49. The quantitative estimate of drug-likeness (QED) is 0.832. The Morgan fingerprint density at radius 3 is 2.61 bits per heavy atom. The second-order valence-corrected chi connectivity index (χ2v) is 5.03. The maximum absolute atomic E-state index is 12.5. The third kappa shape index (κ3) is 3.83. The molecule has 0 aliphatic rings. The predicted molar refractivity (Wildman–Crippen MR) is 64.2 cm³/mol. The number of hydrogen-bond donors (Lipinski definition) is 2. The van der Waals surface area contributed by atoms with Crippen molar-refractivity contribution in [3.63, 3.8) is 0 Å². The molecule has 0 bridgehead atoms. The number of aliphatic carboxylic acids is 1. The summed E-state index contributed by atoms with van der Waals surface area (Å²) >= 11 is 1.02. The highest BCUT2D eigenvalue weighted by molar-refractivity contribution is 7.99. The van der Waals surface area contributed by atoms with Crippen LogP contribution >= 0.6 is 11.8 Å². The van der Waals surface area contributed by atoms with Gasteiger partial charge in [-0.3, -0.25) is 4.79 Å². The number of alkyl halides is 3. The molecule has 100 valence electrons. The number of nitrogens with two attached hydrogens (primary N) is 1. The number of nitrogen functional groups attached to an aromatic ring is 1. The lowest BCUT2D eigenvalue weighted by Crippen LogP contribution is -2.12. The number of carboxylic acids is 1. The maximum Gasteiger partial charge on any atom is 0.416 e. The highest BCUT2D eigenvalue weighted by Gasteiger charge is 2.30. The zero-order valence-electron chi connectivity index (χ0n) is 9.49. The van der Waals surface area contributed by atoms with Crippen LogP contribution in [0.3, 0.4) is 0 Å². The molecule has 0 unspecified atom stereocenters. The first-order chi connectivity index (χ1) is 8.21. The summed E-state index contributed by atoms with van der Waals surface area (Å²) in [6.07, 6.45) is -4.43. The van der Waals surface area contributed by atoms with Gasteiger partial charge in [0.1, 0.15) is 0 Å². The molecule has 18 heavy (non-hydrogen) atoms. The molecular weight excluding hydrogens is 267 g/mol. The van der Waals surface area contributed by atoms with Crippen LogP contribution in [0.2, 0.25) is 0 Å². The molecule has 1 aromatic rings. The fourth-order valence-electron chi connectivity index (χ4n) is 1.19. The third-order valence-electron chi connectivity index (χ3n) is 2.31. The first kappa shape index (κ1) is 14.7. The van der Waals surface area contributed by atoms with Crippen molar-refractivity contribution in [2.45, 2.75) is 24.1 Å². The zero-order valence-corrected chi connectivity index (χ0v) is 10.3. The number of benzene rings is 1. The van der Waals surface area contributed by atoms with Crippen molar-refractivity contribution in [1.82, 2.24) is 0 Å². The summed E-state index contributed by atoms with van der Waals surface area (Å²) < 4.78 is 37.5. The van der Waals surface area contributed by atoms with Gasteiger partial charge in [0, 0.05) is 11.4 Å². The van der Waals surface area contributed by atoms with E-state index in [-0.39, 0.29) is 11.4 Å². The standard InChI is InChI=1S/C11H12F3NO2S/c1-6(10(16)17)18-5-7-4-8(11(12,13)14)2-3-9(7)15/h2-4,6H,5,15H2,1H3,(H,16,17)/t6-/m0/s1. The van der Waals surface area contributed by atoms with E-state index in [1.165, 1.54) is 13.0 Å². The van der Waals surface area contributed by atoms with Gasteiger partial charge in [-0.25, -0.2) is 0 Å². The van der Waals surface area contributed by atoms with Crippen LogP contribution in [0.15, 0.2) is 18.2 Å². The minimum absolute atomic E-state index is 0.128. The van der Waals surface area contributed by atoms with E-state index in [4.69, 9.17) is 10.8 Å². The fourth-order valence-corrected chi connectivity index (χ4v) is 2.02. The van der Waals surface area contributed by atoms with E-state index in [1.54, 1.807) is 0 Å². The van der Waals surface area contributed by atoms with E-state index in [0.29, 0.717) is 5.56 Å². The van der Waals surface area contributed by atoms with Gasteiger partial charge >= 0.3 is 12.1 Å². The second-order valence-electron chi connectivity index (χ2n) is 3.70. The topological polar surface area (TPSA) is 63.3 Å². The summed E-state index contributed by atoms with van der Waals surface area (Å²) in [6.45, 7) is 1.47. The monoisotopic (exact) mass is 279 g/mol. The summed E-state index contributed by atoms with van der Waals surface area (Å²) in [4.78, 5) is 10.6. The van der Waals surface area contributed by atoms with Crippen molar-refractivity contribution in [2.75, 3.05) is 5.73 Å². The molecule has 0 aliphatic carbocycles. The van der Waals surface area contributed by atoms with Gasteiger partial charge in [-0.2, -0.15) is 13.2 Å². The van der Waals surface area contributed by atoms with Gasteiger partial charge < -0.3 is 10.8 Å². The number of hydrogen-bond acceptors (Lipinski definition) is 3. The molecular formula is C11H12F3NO2S. The molecule has 3 N–H and O–H groups in total. The largest absolute Gasteiger partial charge is 0.480 e. The van der Waals surface area contributed by atoms with Crippen LogP contribution in [0.1, 0.15) is 18.1 Å². The smallest absolute Gasteiger partial charge is 0.416 e. The van der Waals surface area contributed by atoms with Gasteiger partial charge in [-0.15, -0.1) is 11.8 Å². The van der Waals surface area contributed by atoms with Crippen molar-refractivity contribution in [1.29, 1.82) is 0 Å². The van der Waals surface area contributed by atoms with Crippen LogP contribution in [0.4, 0.5) is 18.9 Å². The Kier molecular flexibility index (Phi) is 4.50. The maximum atomic E-state index is 12.5. The van der Waals surface area contributed by atoms with Crippen LogP contribution in [-0.4, -0.2) is 16.3 Å². The highest BCUT2D eigenvalue weighted by atomic mass is 32.2. The lowest BCUT2D eigenvalue weighted by molar-refractivity contribution is -0.138. The van der Waals surface area contributed by atoms with E-state index in [0.717, 1.165) is 23.9 Å². The second kappa shape index (κ2) is 5.51. The molecule has 1 rings (SSSR count). The average molecular weight is 279 g/mol. The van der Waals surface area contributed by atoms with E-state index >= 15 is 0 Å². The minimum atomic E-state index is -4.43. The van der Waals surface area contributed by atoms with Crippen molar-refractivity contribution in [3.8, 4) is 0 Å². The number of carboxylic acid groups (broad SMARTS) is 1. The van der Waals surface area contributed by atoms with Gasteiger partial charge in [0.25, 0.3) is 0 Å². The molecule has 0 fully saturated rings. The first-order valence-corrected chi connectivity index (χ1v) is 6.06. The summed E-state index contributed by atoms with van der Waals surface area (Å²) in [7, 11) is 0. The molecule has 0 saturated carbocycles. The molecule has 0 saturated heterocycles.